The maximum absolute atomic E-state index is 11.5. The largest absolute Gasteiger partial charge is 0.478 e. The first kappa shape index (κ1) is 16.5. The Hall–Kier alpha value is -1.98. The van der Waals surface area contributed by atoms with Crippen LogP contribution in [-0.2, 0) is 0 Å². The Morgan fingerprint density at radius 1 is 1.12 bits per heavy atom. The number of likely N-dealkylation sites (tertiary alicyclic amines) is 1. The summed E-state index contributed by atoms with van der Waals surface area (Å²) in [5.41, 5.74) is 2.53. The molecule has 0 saturated carbocycles. The van der Waals surface area contributed by atoms with Crippen molar-refractivity contribution < 1.29 is 9.90 Å². The monoisotopic (exact) mass is 354 g/mol. The number of carbonyl (C=O) groups is 1. The van der Waals surface area contributed by atoms with E-state index in [0.717, 1.165) is 30.2 Å². The summed E-state index contributed by atoms with van der Waals surface area (Å²) in [6.45, 7) is 5.56. The molecule has 5 heteroatoms. The van der Waals surface area contributed by atoms with Gasteiger partial charge in [0.15, 0.2) is 0 Å². The zero-order chi connectivity index (χ0) is 17.4. The van der Waals surface area contributed by atoms with Gasteiger partial charge in [-0.2, -0.15) is 0 Å². The van der Waals surface area contributed by atoms with E-state index in [9.17, 15) is 9.90 Å². The molecule has 2 aromatic rings. The Kier molecular flexibility index (Phi) is 4.44. The molecule has 2 aromatic carbocycles. The fourth-order valence-electron chi connectivity index (χ4n) is 3.81. The van der Waals surface area contributed by atoms with Crippen molar-refractivity contribution in [2.75, 3.05) is 24.5 Å². The smallest absolute Gasteiger partial charge is 0.335 e. The molecule has 4 rings (SSSR count). The van der Waals surface area contributed by atoms with Crippen LogP contribution in [0, 0.1) is 0 Å². The van der Waals surface area contributed by atoms with E-state index in [1.54, 1.807) is 17.8 Å². The van der Waals surface area contributed by atoms with Crippen molar-refractivity contribution in [2.45, 2.75) is 35.6 Å². The van der Waals surface area contributed by atoms with E-state index in [0.29, 0.717) is 5.56 Å². The van der Waals surface area contributed by atoms with Gasteiger partial charge in [0.05, 0.1) is 16.9 Å². The highest BCUT2D eigenvalue weighted by Crippen LogP contribution is 2.49. The van der Waals surface area contributed by atoms with Crippen molar-refractivity contribution >= 4 is 29.1 Å². The van der Waals surface area contributed by atoms with Crippen LogP contribution in [0.25, 0.3) is 0 Å². The van der Waals surface area contributed by atoms with Gasteiger partial charge in [-0.25, -0.2) is 4.79 Å². The lowest BCUT2D eigenvalue weighted by Gasteiger charge is -2.38. The molecule has 1 atom stereocenters. The summed E-state index contributed by atoms with van der Waals surface area (Å²) >= 11 is 1.72. The molecule has 4 nitrogen and oxygen atoms in total. The molecule has 1 fully saturated rings. The van der Waals surface area contributed by atoms with E-state index >= 15 is 0 Å². The molecular formula is C20H22N2O2S. The molecule has 0 aliphatic carbocycles. The second kappa shape index (κ2) is 6.73. The van der Waals surface area contributed by atoms with E-state index in [2.05, 4.69) is 41.0 Å². The zero-order valence-corrected chi connectivity index (χ0v) is 15.1. The fraction of sp³-hybridized carbons (Fsp3) is 0.350. The first-order chi connectivity index (χ1) is 12.1. The molecule has 2 aliphatic heterocycles. The number of carboxylic acids is 1. The fourth-order valence-corrected chi connectivity index (χ4v) is 4.86. The molecule has 0 aromatic heterocycles. The standard InChI is InChI=1S/C20H22N2O2S/c1-14(13-21-10-4-5-11-21)22-16-6-2-3-7-18(16)25-19-9-8-15(20(23)24)12-17(19)22/h2-3,6-9,12,14H,4-5,10-11,13H2,1H3,(H,23,24). The second-order valence-corrected chi connectivity index (χ2v) is 7.87. The van der Waals surface area contributed by atoms with Crippen LogP contribution in [0.5, 0.6) is 0 Å². The SMILES string of the molecule is CC(CN1CCCC1)N1c2ccccc2Sc2ccc(C(=O)O)cc21. The Morgan fingerprint density at radius 3 is 2.60 bits per heavy atom. The molecule has 2 heterocycles. The van der Waals surface area contributed by atoms with Crippen molar-refractivity contribution in [3.63, 3.8) is 0 Å². The summed E-state index contributed by atoms with van der Waals surface area (Å²) in [7, 11) is 0. The van der Waals surface area contributed by atoms with Gasteiger partial charge in [-0.1, -0.05) is 23.9 Å². The molecule has 0 radical (unpaired) electrons. The van der Waals surface area contributed by atoms with Crippen molar-refractivity contribution in [2.24, 2.45) is 0 Å². The van der Waals surface area contributed by atoms with Crippen molar-refractivity contribution in [3.05, 3.63) is 48.0 Å². The van der Waals surface area contributed by atoms with E-state index in [1.807, 2.05) is 12.1 Å². The summed E-state index contributed by atoms with van der Waals surface area (Å²) in [6, 6.07) is 14.1. The lowest BCUT2D eigenvalue weighted by Crippen LogP contribution is -2.40. The maximum Gasteiger partial charge on any atom is 0.335 e. The molecule has 130 valence electrons. The second-order valence-electron chi connectivity index (χ2n) is 6.78. The Labute approximate surface area is 152 Å². The highest BCUT2D eigenvalue weighted by atomic mass is 32.2. The molecule has 1 unspecified atom stereocenters. The minimum atomic E-state index is -0.876. The van der Waals surface area contributed by atoms with Crippen LogP contribution in [0.3, 0.4) is 0 Å². The Morgan fingerprint density at radius 2 is 1.84 bits per heavy atom. The summed E-state index contributed by atoms with van der Waals surface area (Å²) in [5, 5.41) is 9.40. The van der Waals surface area contributed by atoms with E-state index in [-0.39, 0.29) is 6.04 Å². The van der Waals surface area contributed by atoms with Crippen LogP contribution in [0.1, 0.15) is 30.1 Å². The number of aromatic carboxylic acids is 1. The number of anilines is 2. The number of hydrogen-bond acceptors (Lipinski definition) is 4. The number of carboxylic acid groups (broad SMARTS) is 1. The average Bonchev–Trinajstić information content (AvgIpc) is 3.11. The number of hydrogen-bond donors (Lipinski definition) is 1. The van der Waals surface area contributed by atoms with Crippen LogP contribution in [0.2, 0.25) is 0 Å². The predicted molar refractivity (Wildman–Crippen MR) is 101 cm³/mol. The highest BCUT2D eigenvalue weighted by Gasteiger charge is 2.29. The molecule has 0 bridgehead atoms. The number of rotatable bonds is 4. The van der Waals surface area contributed by atoms with Crippen molar-refractivity contribution in [3.8, 4) is 0 Å². The van der Waals surface area contributed by atoms with Gasteiger partial charge in [0, 0.05) is 22.4 Å². The summed E-state index contributed by atoms with van der Waals surface area (Å²) < 4.78 is 0. The Balaban J connectivity index is 1.75. The maximum atomic E-state index is 11.5. The summed E-state index contributed by atoms with van der Waals surface area (Å²) in [5.74, 6) is -0.876. The van der Waals surface area contributed by atoms with Crippen LogP contribution in [-0.4, -0.2) is 41.7 Å². The van der Waals surface area contributed by atoms with Crippen LogP contribution in [0.4, 0.5) is 11.4 Å². The van der Waals surface area contributed by atoms with E-state index < -0.39 is 5.97 Å². The molecule has 25 heavy (non-hydrogen) atoms. The van der Waals surface area contributed by atoms with Gasteiger partial charge < -0.3 is 14.9 Å². The molecule has 1 saturated heterocycles. The minimum Gasteiger partial charge on any atom is -0.478 e. The minimum absolute atomic E-state index is 0.281. The van der Waals surface area contributed by atoms with E-state index in [1.165, 1.54) is 23.4 Å². The quantitative estimate of drug-likeness (QED) is 0.877. The lowest BCUT2D eigenvalue weighted by molar-refractivity contribution is 0.0697. The normalized spacial score (nSPS) is 17.9. The topological polar surface area (TPSA) is 43.8 Å². The van der Waals surface area contributed by atoms with Gasteiger partial charge in [-0.05, 0) is 63.2 Å². The summed E-state index contributed by atoms with van der Waals surface area (Å²) in [4.78, 5) is 18.6. The predicted octanol–water partition coefficient (Wildman–Crippen LogP) is 4.47. The molecular weight excluding hydrogens is 332 g/mol. The molecule has 0 spiro atoms. The molecule has 2 aliphatic rings. The van der Waals surface area contributed by atoms with Crippen LogP contribution < -0.4 is 4.90 Å². The number of para-hydroxylation sites is 1. The third-order valence-electron chi connectivity index (χ3n) is 4.97. The number of benzene rings is 2. The number of nitrogens with zero attached hydrogens (tertiary/aromatic N) is 2. The number of fused-ring (bicyclic) bond motifs is 2. The molecule has 0 amide bonds. The van der Waals surface area contributed by atoms with Crippen LogP contribution >= 0.6 is 11.8 Å². The van der Waals surface area contributed by atoms with Gasteiger partial charge >= 0.3 is 5.97 Å². The third kappa shape index (κ3) is 3.14. The first-order valence-corrected chi connectivity index (χ1v) is 9.61. The Bertz CT molecular complexity index is 802. The first-order valence-electron chi connectivity index (χ1n) is 8.79. The zero-order valence-electron chi connectivity index (χ0n) is 14.3. The van der Waals surface area contributed by atoms with Crippen molar-refractivity contribution in [1.82, 2.24) is 4.90 Å². The lowest BCUT2D eigenvalue weighted by atomic mass is 10.1. The van der Waals surface area contributed by atoms with Gasteiger partial charge in [0.25, 0.3) is 0 Å². The van der Waals surface area contributed by atoms with Crippen molar-refractivity contribution in [1.29, 1.82) is 0 Å². The van der Waals surface area contributed by atoms with Gasteiger partial charge in [-0.15, -0.1) is 0 Å². The van der Waals surface area contributed by atoms with E-state index in [4.69, 9.17) is 0 Å². The average molecular weight is 354 g/mol. The highest BCUT2D eigenvalue weighted by molar-refractivity contribution is 7.99. The van der Waals surface area contributed by atoms with Gasteiger partial charge in [0.2, 0.25) is 0 Å². The van der Waals surface area contributed by atoms with Gasteiger partial charge in [-0.3, -0.25) is 0 Å². The third-order valence-corrected chi connectivity index (χ3v) is 6.10. The van der Waals surface area contributed by atoms with Crippen LogP contribution in [0.15, 0.2) is 52.3 Å². The molecule has 1 N–H and O–H groups in total. The summed E-state index contributed by atoms with van der Waals surface area (Å²) in [6.07, 6.45) is 2.55. The van der Waals surface area contributed by atoms with Gasteiger partial charge in [0.1, 0.15) is 0 Å².